The maximum absolute atomic E-state index is 5.40. The van der Waals surface area contributed by atoms with Crippen molar-refractivity contribution in [2.45, 2.75) is 26.2 Å². The first kappa shape index (κ1) is 13.9. The quantitative estimate of drug-likeness (QED) is 0.839. The Balaban J connectivity index is 1.53. The van der Waals surface area contributed by atoms with Crippen LogP contribution in [0.25, 0.3) is 0 Å². The summed E-state index contributed by atoms with van der Waals surface area (Å²) in [6.45, 7) is 9.84. The summed E-state index contributed by atoms with van der Waals surface area (Å²) in [6, 6.07) is 6.93. The summed E-state index contributed by atoms with van der Waals surface area (Å²) in [7, 11) is 0. The second-order valence-corrected chi connectivity index (χ2v) is 6.03. The van der Waals surface area contributed by atoms with Crippen LogP contribution in [-0.4, -0.2) is 50.8 Å². The average Bonchev–Trinajstić information content (AvgIpc) is 2.48. The third kappa shape index (κ3) is 3.33. The first-order valence-corrected chi connectivity index (χ1v) is 7.97. The van der Waals surface area contributed by atoms with E-state index in [1.165, 1.54) is 50.1 Å². The van der Waals surface area contributed by atoms with Crippen LogP contribution in [0, 0.1) is 6.92 Å². The van der Waals surface area contributed by atoms with Crippen molar-refractivity contribution in [3.05, 3.63) is 29.3 Å². The maximum atomic E-state index is 5.40. The van der Waals surface area contributed by atoms with Gasteiger partial charge in [-0.3, -0.25) is 4.90 Å². The van der Waals surface area contributed by atoms with Gasteiger partial charge in [0, 0.05) is 38.4 Å². The Morgan fingerprint density at radius 1 is 1.10 bits per heavy atom. The Morgan fingerprint density at radius 3 is 2.80 bits per heavy atom. The Labute approximate surface area is 122 Å². The molecule has 2 aliphatic rings. The van der Waals surface area contributed by atoms with Gasteiger partial charge in [0.05, 0.1) is 13.2 Å². The van der Waals surface area contributed by atoms with E-state index in [1.807, 2.05) is 0 Å². The largest absolute Gasteiger partial charge is 0.379 e. The van der Waals surface area contributed by atoms with Gasteiger partial charge in [0.2, 0.25) is 0 Å². The van der Waals surface area contributed by atoms with Gasteiger partial charge in [-0.15, -0.1) is 0 Å². The molecule has 0 amide bonds. The van der Waals surface area contributed by atoms with Crippen molar-refractivity contribution in [3.63, 3.8) is 0 Å². The summed E-state index contributed by atoms with van der Waals surface area (Å²) in [5.74, 6) is 0. The van der Waals surface area contributed by atoms with E-state index in [-0.39, 0.29) is 0 Å². The van der Waals surface area contributed by atoms with Gasteiger partial charge < -0.3 is 9.64 Å². The molecule has 0 spiro atoms. The lowest BCUT2D eigenvalue weighted by Crippen LogP contribution is -2.38. The van der Waals surface area contributed by atoms with Gasteiger partial charge >= 0.3 is 0 Å². The number of ether oxygens (including phenoxy) is 1. The summed E-state index contributed by atoms with van der Waals surface area (Å²) in [5.41, 5.74) is 4.41. The summed E-state index contributed by atoms with van der Waals surface area (Å²) >= 11 is 0. The van der Waals surface area contributed by atoms with Crippen LogP contribution in [-0.2, 0) is 11.2 Å². The molecular formula is C17H26N2O. The van der Waals surface area contributed by atoms with Crippen LogP contribution in [0.2, 0.25) is 0 Å². The molecule has 20 heavy (non-hydrogen) atoms. The van der Waals surface area contributed by atoms with Crippen LogP contribution in [0.5, 0.6) is 0 Å². The smallest absolute Gasteiger partial charge is 0.0594 e. The molecule has 0 unspecified atom stereocenters. The third-order valence-electron chi connectivity index (χ3n) is 4.46. The number of anilines is 1. The fourth-order valence-corrected chi connectivity index (χ4v) is 3.35. The molecule has 1 aromatic rings. The van der Waals surface area contributed by atoms with E-state index in [4.69, 9.17) is 4.74 Å². The number of aryl methyl sites for hydroxylation is 2. The van der Waals surface area contributed by atoms with Gasteiger partial charge in [-0.25, -0.2) is 0 Å². The topological polar surface area (TPSA) is 15.7 Å². The minimum Gasteiger partial charge on any atom is -0.379 e. The van der Waals surface area contributed by atoms with Gasteiger partial charge in [-0.1, -0.05) is 17.7 Å². The number of hydrogen-bond donors (Lipinski definition) is 0. The predicted octanol–water partition coefficient (Wildman–Crippen LogP) is 2.47. The normalized spacial score (nSPS) is 19.9. The molecular weight excluding hydrogens is 248 g/mol. The summed E-state index contributed by atoms with van der Waals surface area (Å²) in [4.78, 5) is 5.11. The first-order valence-electron chi connectivity index (χ1n) is 7.97. The van der Waals surface area contributed by atoms with E-state index in [0.717, 1.165) is 26.3 Å². The molecule has 3 rings (SSSR count). The fraction of sp³-hybridized carbons (Fsp3) is 0.647. The summed E-state index contributed by atoms with van der Waals surface area (Å²) < 4.78 is 5.40. The molecule has 110 valence electrons. The zero-order valence-electron chi connectivity index (χ0n) is 12.6. The summed E-state index contributed by atoms with van der Waals surface area (Å²) in [5, 5.41) is 0. The van der Waals surface area contributed by atoms with E-state index >= 15 is 0 Å². The van der Waals surface area contributed by atoms with Crippen molar-refractivity contribution in [2.24, 2.45) is 0 Å². The second kappa shape index (κ2) is 6.59. The highest BCUT2D eigenvalue weighted by Gasteiger charge is 2.17. The molecule has 0 saturated carbocycles. The van der Waals surface area contributed by atoms with Crippen LogP contribution in [0.3, 0.4) is 0 Å². The Morgan fingerprint density at radius 2 is 1.95 bits per heavy atom. The number of hydrogen-bond acceptors (Lipinski definition) is 3. The van der Waals surface area contributed by atoms with Crippen molar-refractivity contribution >= 4 is 5.69 Å². The van der Waals surface area contributed by atoms with Gasteiger partial charge in [0.25, 0.3) is 0 Å². The van der Waals surface area contributed by atoms with E-state index in [9.17, 15) is 0 Å². The van der Waals surface area contributed by atoms with Crippen LogP contribution in [0.15, 0.2) is 18.2 Å². The van der Waals surface area contributed by atoms with Crippen molar-refractivity contribution in [1.82, 2.24) is 4.90 Å². The first-order chi connectivity index (χ1) is 9.83. The molecule has 0 radical (unpaired) electrons. The lowest BCUT2D eigenvalue weighted by Gasteiger charge is -2.33. The molecule has 1 aromatic carbocycles. The van der Waals surface area contributed by atoms with Crippen LogP contribution in [0.4, 0.5) is 5.69 Å². The van der Waals surface area contributed by atoms with E-state index in [1.54, 1.807) is 5.56 Å². The van der Waals surface area contributed by atoms with Crippen molar-refractivity contribution < 1.29 is 4.74 Å². The third-order valence-corrected chi connectivity index (χ3v) is 4.46. The standard InChI is InChI=1S/C17H26N2O/c1-15-5-6-17-16(14-15)4-2-8-19(17)9-3-7-18-10-12-20-13-11-18/h5-6,14H,2-4,7-13H2,1H3. The second-order valence-electron chi connectivity index (χ2n) is 6.03. The minimum atomic E-state index is 0.909. The molecule has 0 N–H and O–H groups in total. The molecule has 0 aromatic heterocycles. The van der Waals surface area contributed by atoms with Crippen molar-refractivity contribution in [2.75, 3.05) is 50.8 Å². The number of nitrogens with zero attached hydrogens (tertiary/aromatic N) is 2. The predicted molar refractivity (Wildman–Crippen MR) is 83.6 cm³/mol. The SMILES string of the molecule is Cc1ccc2c(c1)CCCN2CCCN1CCOCC1. The van der Waals surface area contributed by atoms with E-state index in [0.29, 0.717) is 0 Å². The van der Waals surface area contributed by atoms with Gasteiger partial charge in [-0.05, 0) is 37.8 Å². The lowest BCUT2D eigenvalue weighted by atomic mass is 9.99. The number of morpholine rings is 1. The van der Waals surface area contributed by atoms with Crippen LogP contribution >= 0.6 is 0 Å². The molecule has 3 heteroatoms. The van der Waals surface area contributed by atoms with Crippen molar-refractivity contribution in [3.8, 4) is 0 Å². The molecule has 2 heterocycles. The van der Waals surface area contributed by atoms with Gasteiger partial charge in [-0.2, -0.15) is 0 Å². The minimum absolute atomic E-state index is 0.909. The highest BCUT2D eigenvalue weighted by Crippen LogP contribution is 2.27. The summed E-state index contributed by atoms with van der Waals surface area (Å²) in [6.07, 6.45) is 3.80. The van der Waals surface area contributed by atoms with E-state index < -0.39 is 0 Å². The number of rotatable bonds is 4. The highest BCUT2D eigenvalue weighted by molar-refractivity contribution is 5.56. The molecule has 2 aliphatic heterocycles. The molecule has 0 atom stereocenters. The van der Waals surface area contributed by atoms with Gasteiger partial charge in [0.15, 0.2) is 0 Å². The lowest BCUT2D eigenvalue weighted by molar-refractivity contribution is 0.0376. The molecule has 1 saturated heterocycles. The highest BCUT2D eigenvalue weighted by atomic mass is 16.5. The molecule has 3 nitrogen and oxygen atoms in total. The molecule has 0 aliphatic carbocycles. The van der Waals surface area contributed by atoms with Crippen LogP contribution in [0.1, 0.15) is 24.0 Å². The van der Waals surface area contributed by atoms with E-state index in [2.05, 4.69) is 34.9 Å². The van der Waals surface area contributed by atoms with Crippen molar-refractivity contribution in [1.29, 1.82) is 0 Å². The maximum Gasteiger partial charge on any atom is 0.0594 e. The average molecular weight is 274 g/mol. The van der Waals surface area contributed by atoms with Crippen LogP contribution < -0.4 is 4.90 Å². The van der Waals surface area contributed by atoms with Gasteiger partial charge in [0.1, 0.15) is 0 Å². The Kier molecular flexibility index (Phi) is 4.58. The monoisotopic (exact) mass is 274 g/mol. The fourth-order valence-electron chi connectivity index (χ4n) is 3.35. The molecule has 1 fully saturated rings. The number of benzene rings is 1. The zero-order chi connectivity index (χ0) is 13.8. The Bertz CT molecular complexity index is 441. The number of fused-ring (bicyclic) bond motifs is 1. The molecule has 0 bridgehead atoms. The Hall–Kier alpha value is -1.06. The zero-order valence-corrected chi connectivity index (χ0v) is 12.6.